The molecule has 0 amide bonds. The summed E-state index contributed by atoms with van der Waals surface area (Å²) >= 11 is 0. The summed E-state index contributed by atoms with van der Waals surface area (Å²) in [5, 5.41) is 0. The summed E-state index contributed by atoms with van der Waals surface area (Å²) in [7, 11) is 0. The van der Waals surface area contributed by atoms with Gasteiger partial charge in [-0.15, -0.1) is 0 Å². The van der Waals surface area contributed by atoms with E-state index in [1.165, 1.54) is 24.0 Å². The van der Waals surface area contributed by atoms with E-state index in [0.717, 1.165) is 18.4 Å². The van der Waals surface area contributed by atoms with Crippen molar-refractivity contribution in [3.05, 3.63) is 42.0 Å². The van der Waals surface area contributed by atoms with Crippen molar-refractivity contribution in [2.24, 2.45) is 23.2 Å². The Morgan fingerprint density at radius 1 is 1.25 bits per heavy atom. The van der Waals surface area contributed by atoms with Crippen molar-refractivity contribution in [2.75, 3.05) is 0 Å². The summed E-state index contributed by atoms with van der Waals surface area (Å²) in [5.41, 5.74) is 2.98. The Balaban J connectivity index is 1.58. The number of ether oxygens (including phenoxy) is 1. The molecule has 108 valence electrons. The summed E-state index contributed by atoms with van der Waals surface area (Å²) < 4.78 is 6.22. The van der Waals surface area contributed by atoms with Gasteiger partial charge in [0.15, 0.2) is 0 Å². The van der Waals surface area contributed by atoms with Gasteiger partial charge in [-0.05, 0) is 47.1 Å². The SMILES string of the molecule is C=Cc1ccc(CO[C@H]2C[C@H]3C[C@@H]([C@@H]2C)C3(C)C)cc1. The molecule has 0 aromatic heterocycles. The van der Waals surface area contributed by atoms with Gasteiger partial charge in [0.1, 0.15) is 0 Å². The zero-order valence-corrected chi connectivity index (χ0v) is 12.9. The van der Waals surface area contributed by atoms with Crippen LogP contribution in [0.5, 0.6) is 0 Å². The van der Waals surface area contributed by atoms with Crippen molar-refractivity contribution in [3.8, 4) is 0 Å². The normalized spacial score (nSPS) is 34.4. The molecular weight excluding hydrogens is 244 g/mol. The van der Waals surface area contributed by atoms with Gasteiger partial charge >= 0.3 is 0 Å². The maximum atomic E-state index is 6.22. The van der Waals surface area contributed by atoms with Crippen molar-refractivity contribution >= 4 is 6.08 Å². The van der Waals surface area contributed by atoms with Crippen LogP contribution in [-0.2, 0) is 11.3 Å². The molecule has 1 aromatic rings. The van der Waals surface area contributed by atoms with Gasteiger partial charge in [-0.3, -0.25) is 0 Å². The average molecular weight is 270 g/mol. The molecule has 0 unspecified atom stereocenters. The molecule has 20 heavy (non-hydrogen) atoms. The number of fused-ring (bicyclic) bond motifs is 2. The maximum absolute atomic E-state index is 6.22. The Bertz CT molecular complexity index is 485. The summed E-state index contributed by atoms with van der Waals surface area (Å²) in [4.78, 5) is 0. The predicted octanol–water partition coefficient (Wildman–Crippen LogP) is 4.92. The topological polar surface area (TPSA) is 9.23 Å². The summed E-state index contributed by atoms with van der Waals surface area (Å²) in [6.45, 7) is 11.8. The van der Waals surface area contributed by atoms with Crippen LogP contribution in [0.3, 0.4) is 0 Å². The second-order valence-electron chi connectivity index (χ2n) is 7.25. The third-order valence-electron chi connectivity index (χ3n) is 5.96. The number of hydrogen-bond donors (Lipinski definition) is 0. The second kappa shape index (κ2) is 5.04. The first-order chi connectivity index (χ1) is 9.52. The first-order valence-electron chi connectivity index (χ1n) is 7.85. The van der Waals surface area contributed by atoms with Crippen LogP contribution in [0.15, 0.2) is 30.8 Å². The quantitative estimate of drug-likeness (QED) is 0.754. The van der Waals surface area contributed by atoms with Crippen LogP contribution >= 0.6 is 0 Å². The Morgan fingerprint density at radius 3 is 2.50 bits per heavy atom. The van der Waals surface area contributed by atoms with E-state index < -0.39 is 0 Å². The van der Waals surface area contributed by atoms with E-state index in [-0.39, 0.29) is 0 Å². The number of rotatable bonds is 4. The van der Waals surface area contributed by atoms with E-state index in [0.29, 0.717) is 17.4 Å². The lowest BCUT2D eigenvalue weighted by atomic mass is 9.45. The van der Waals surface area contributed by atoms with Gasteiger partial charge in [-0.25, -0.2) is 0 Å². The minimum absolute atomic E-state index is 0.450. The van der Waals surface area contributed by atoms with Gasteiger partial charge < -0.3 is 4.74 Å². The molecule has 3 fully saturated rings. The fraction of sp³-hybridized carbons (Fsp3) is 0.579. The molecule has 0 N–H and O–H groups in total. The first-order valence-corrected chi connectivity index (χ1v) is 7.85. The second-order valence-corrected chi connectivity index (χ2v) is 7.25. The molecule has 4 atom stereocenters. The van der Waals surface area contributed by atoms with E-state index >= 15 is 0 Å². The molecule has 3 saturated carbocycles. The molecule has 4 rings (SSSR count). The Kier molecular flexibility index (Phi) is 3.50. The zero-order valence-electron chi connectivity index (χ0n) is 12.9. The van der Waals surface area contributed by atoms with E-state index in [1.807, 2.05) is 6.08 Å². The van der Waals surface area contributed by atoms with Gasteiger partial charge in [-0.2, -0.15) is 0 Å². The van der Waals surface area contributed by atoms with Crippen LogP contribution in [0.25, 0.3) is 6.08 Å². The minimum Gasteiger partial charge on any atom is -0.373 e. The highest BCUT2D eigenvalue weighted by Crippen LogP contribution is 2.61. The molecule has 3 aliphatic carbocycles. The third kappa shape index (κ3) is 2.22. The van der Waals surface area contributed by atoms with Crippen molar-refractivity contribution in [1.82, 2.24) is 0 Å². The first kappa shape index (κ1) is 13.9. The summed E-state index contributed by atoms with van der Waals surface area (Å²) in [6, 6.07) is 8.51. The van der Waals surface area contributed by atoms with Gasteiger partial charge in [0.25, 0.3) is 0 Å². The molecule has 0 spiro atoms. The van der Waals surface area contributed by atoms with E-state index in [9.17, 15) is 0 Å². The monoisotopic (exact) mass is 270 g/mol. The number of benzene rings is 1. The van der Waals surface area contributed by atoms with Crippen LogP contribution in [0.1, 0.15) is 44.7 Å². The molecule has 0 heterocycles. The molecule has 1 aromatic carbocycles. The van der Waals surface area contributed by atoms with Crippen LogP contribution in [-0.4, -0.2) is 6.10 Å². The van der Waals surface area contributed by atoms with Gasteiger partial charge in [-0.1, -0.05) is 57.7 Å². The van der Waals surface area contributed by atoms with Crippen molar-refractivity contribution in [1.29, 1.82) is 0 Å². The van der Waals surface area contributed by atoms with Crippen LogP contribution in [0, 0.1) is 23.2 Å². The molecule has 3 aliphatic rings. The fourth-order valence-electron chi connectivity index (χ4n) is 4.28. The highest BCUT2D eigenvalue weighted by atomic mass is 16.5. The van der Waals surface area contributed by atoms with Crippen molar-refractivity contribution < 1.29 is 4.74 Å². The van der Waals surface area contributed by atoms with Crippen LogP contribution < -0.4 is 0 Å². The molecule has 1 nitrogen and oxygen atoms in total. The lowest BCUT2D eigenvalue weighted by Crippen LogP contribution is -2.57. The van der Waals surface area contributed by atoms with E-state index in [2.05, 4.69) is 51.6 Å². The molecule has 0 saturated heterocycles. The van der Waals surface area contributed by atoms with Crippen molar-refractivity contribution in [2.45, 2.75) is 46.3 Å². The maximum Gasteiger partial charge on any atom is 0.0720 e. The number of hydrogen-bond acceptors (Lipinski definition) is 1. The standard InChI is InChI=1S/C19H26O/c1-5-14-6-8-15(9-7-14)12-20-18-11-16-10-17(13(18)2)19(16,3)4/h5-9,13,16-18H,1,10-12H2,2-4H3/t13-,16+,17-,18-/m0/s1. The molecule has 1 heteroatoms. The van der Waals surface area contributed by atoms with Crippen LogP contribution in [0.4, 0.5) is 0 Å². The minimum atomic E-state index is 0.450. The van der Waals surface area contributed by atoms with Crippen molar-refractivity contribution in [3.63, 3.8) is 0 Å². The lowest BCUT2D eigenvalue weighted by molar-refractivity contribution is -0.175. The van der Waals surface area contributed by atoms with Gasteiger partial charge in [0.2, 0.25) is 0 Å². The Morgan fingerprint density at radius 2 is 1.95 bits per heavy atom. The smallest absolute Gasteiger partial charge is 0.0720 e. The van der Waals surface area contributed by atoms with Gasteiger partial charge in [0.05, 0.1) is 12.7 Å². The van der Waals surface area contributed by atoms with E-state index in [1.54, 1.807) is 0 Å². The van der Waals surface area contributed by atoms with Crippen LogP contribution in [0.2, 0.25) is 0 Å². The molecule has 0 radical (unpaired) electrons. The molecule has 2 bridgehead atoms. The molecular formula is C19H26O. The molecule has 0 aliphatic heterocycles. The third-order valence-corrected chi connectivity index (χ3v) is 5.96. The summed E-state index contributed by atoms with van der Waals surface area (Å²) in [6.07, 6.45) is 4.99. The fourth-order valence-corrected chi connectivity index (χ4v) is 4.28. The van der Waals surface area contributed by atoms with Gasteiger partial charge in [0, 0.05) is 0 Å². The predicted molar refractivity (Wildman–Crippen MR) is 84.3 cm³/mol. The highest BCUT2D eigenvalue weighted by molar-refractivity contribution is 5.47. The Labute approximate surface area is 123 Å². The highest BCUT2D eigenvalue weighted by Gasteiger charge is 2.56. The summed E-state index contributed by atoms with van der Waals surface area (Å²) in [5.74, 6) is 2.42. The van der Waals surface area contributed by atoms with E-state index in [4.69, 9.17) is 4.74 Å². The average Bonchev–Trinajstić information content (AvgIpc) is 2.46. The largest absolute Gasteiger partial charge is 0.373 e. The lowest BCUT2D eigenvalue weighted by Gasteiger charge is -2.61. The zero-order chi connectivity index (χ0) is 14.3. The Hall–Kier alpha value is -1.08.